The van der Waals surface area contributed by atoms with Crippen LogP contribution < -0.4 is 5.73 Å². The summed E-state index contributed by atoms with van der Waals surface area (Å²) in [5, 5.41) is 0. The average molecular weight is 329 g/mol. The lowest BCUT2D eigenvalue weighted by molar-refractivity contribution is -0.137. The van der Waals surface area contributed by atoms with Gasteiger partial charge in [-0.3, -0.25) is 9.69 Å². The van der Waals surface area contributed by atoms with Gasteiger partial charge in [-0.15, -0.1) is 0 Å². The molecule has 7 heteroatoms. The molecule has 0 unspecified atom stereocenters. The van der Waals surface area contributed by atoms with Crippen molar-refractivity contribution in [1.29, 1.82) is 0 Å². The normalized spacial score (nSPS) is 18.6. The molecule has 23 heavy (non-hydrogen) atoms. The summed E-state index contributed by atoms with van der Waals surface area (Å²) >= 11 is 0. The molecule has 0 spiro atoms. The van der Waals surface area contributed by atoms with Crippen LogP contribution in [0.3, 0.4) is 0 Å². The highest BCUT2D eigenvalue weighted by molar-refractivity contribution is 5.81. The lowest BCUT2D eigenvalue weighted by atomic mass is 10.1. The second-order valence-electron chi connectivity index (χ2n) is 5.94. The molecule has 1 aromatic carbocycles. The zero-order chi connectivity index (χ0) is 17.0. The minimum Gasteiger partial charge on any atom is -0.340 e. The van der Waals surface area contributed by atoms with Gasteiger partial charge in [0.15, 0.2) is 0 Å². The molecule has 128 valence electrons. The van der Waals surface area contributed by atoms with E-state index in [0.29, 0.717) is 26.2 Å². The Morgan fingerprint density at radius 1 is 1.17 bits per heavy atom. The molecule has 4 nitrogen and oxygen atoms in total. The summed E-state index contributed by atoms with van der Waals surface area (Å²) in [6, 6.07) is 4.74. The molecule has 1 heterocycles. The fourth-order valence-corrected chi connectivity index (χ4v) is 2.69. The highest BCUT2D eigenvalue weighted by Gasteiger charge is 2.30. The van der Waals surface area contributed by atoms with Gasteiger partial charge in [0.05, 0.1) is 11.6 Å². The number of hydrogen-bond acceptors (Lipinski definition) is 3. The van der Waals surface area contributed by atoms with Crippen molar-refractivity contribution in [3.05, 3.63) is 35.4 Å². The Balaban J connectivity index is 1.92. The van der Waals surface area contributed by atoms with Crippen molar-refractivity contribution in [3.8, 4) is 0 Å². The van der Waals surface area contributed by atoms with Crippen LogP contribution >= 0.6 is 0 Å². The van der Waals surface area contributed by atoms with Gasteiger partial charge >= 0.3 is 6.18 Å². The molecule has 2 rings (SSSR count). The van der Waals surface area contributed by atoms with E-state index in [1.165, 1.54) is 12.1 Å². The van der Waals surface area contributed by atoms with E-state index >= 15 is 0 Å². The van der Waals surface area contributed by atoms with E-state index in [9.17, 15) is 18.0 Å². The Morgan fingerprint density at radius 2 is 1.83 bits per heavy atom. The van der Waals surface area contributed by atoms with Crippen molar-refractivity contribution < 1.29 is 18.0 Å². The summed E-state index contributed by atoms with van der Waals surface area (Å²) in [4.78, 5) is 15.8. The van der Waals surface area contributed by atoms with E-state index in [1.54, 1.807) is 11.8 Å². The summed E-state index contributed by atoms with van der Waals surface area (Å²) in [6.45, 7) is 5.03. The Kier molecular flexibility index (Phi) is 5.64. The fourth-order valence-electron chi connectivity index (χ4n) is 2.69. The van der Waals surface area contributed by atoms with Crippen LogP contribution in [0.1, 0.15) is 24.5 Å². The quantitative estimate of drug-likeness (QED) is 0.924. The fraction of sp³-hybridized carbons (Fsp3) is 0.562. The van der Waals surface area contributed by atoms with E-state index in [1.807, 2.05) is 0 Å². The number of alkyl halides is 3. The number of halogens is 3. The molecule has 0 aliphatic carbocycles. The number of amides is 1. The molecule has 2 N–H and O–H groups in total. The van der Waals surface area contributed by atoms with Crippen molar-refractivity contribution in [3.63, 3.8) is 0 Å². The van der Waals surface area contributed by atoms with Gasteiger partial charge in [0.2, 0.25) is 5.91 Å². The first-order valence-corrected chi connectivity index (χ1v) is 7.70. The van der Waals surface area contributed by atoms with Gasteiger partial charge < -0.3 is 10.6 Å². The van der Waals surface area contributed by atoms with Crippen molar-refractivity contribution >= 4 is 5.91 Å². The lowest BCUT2D eigenvalue weighted by Gasteiger charge is -2.23. The second-order valence-corrected chi connectivity index (χ2v) is 5.94. The molecule has 0 bridgehead atoms. The molecular formula is C16H22F3N3O. The maximum atomic E-state index is 12.6. The van der Waals surface area contributed by atoms with E-state index in [0.717, 1.165) is 30.7 Å². The van der Waals surface area contributed by atoms with Crippen molar-refractivity contribution in [1.82, 2.24) is 9.80 Å². The third-order valence-electron chi connectivity index (χ3n) is 3.98. The van der Waals surface area contributed by atoms with Crippen LogP contribution in [0, 0.1) is 0 Å². The smallest absolute Gasteiger partial charge is 0.340 e. The van der Waals surface area contributed by atoms with E-state index in [2.05, 4.69) is 4.90 Å². The van der Waals surface area contributed by atoms with Crippen molar-refractivity contribution in [2.24, 2.45) is 5.73 Å². The topological polar surface area (TPSA) is 49.6 Å². The summed E-state index contributed by atoms with van der Waals surface area (Å²) < 4.78 is 37.7. The summed E-state index contributed by atoms with van der Waals surface area (Å²) in [5.41, 5.74) is 5.83. The second kappa shape index (κ2) is 7.31. The molecule has 1 aromatic rings. The van der Waals surface area contributed by atoms with Gasteiger partial charge in [0.1, 0.15) is 0 Å². The molecule has 1 fully saturated rings. The van der Waals surface area contributed by atoms with E-state index < -0.39 is 17.8 Å². The number of nitrogens with two attached hydrogens (primary N) is 1. The Bertz CT molecular complexity index is 528. The molecule has 0 radical (unpaired) electrons. The minimum atomic E-state index is -4.30. The third-order valence-corrected chi connectivity index (χ3v) is 3.98. The SMILES string of the molecule is C[C@H](N)C(=O)N1CCCN(Cc2ccc(C(F)(F)F)cc2)CC1. The number of nitrogens with zero attached hydrogens (tertiary/aromatic N) is 2. The molecule has 1 atom stereocenters. The number of benzene rings is 1. The van der Waals surface area contributed by atoms with Crippen molar-refractivity contribution in [2.45, 2.75) is 32.1 Å². The van der Waals surface area contributed by atoms with Crippen molar-refractivity contribution in [2.75, 3.05) is 26.2 Å². The average Bonchev–Trinajstić information content (AvgIpc) is 2.71. The molecular weight excluding hydrogens is 307 g/mol. The Labute approximate surface area is 134 Å². The van der Waals surface area contributed by atoms with Crippen LogP contribution in [0.2, 0.25) is 0 Å². The zero-order valence-electron chi connectivity index (χ0n) is 13.1. The highest BCUT2D eigenvalue weighted by atomic mass is 19.4. The largest absolute Gasteiger partial charge is 0.416 e. The summed E-state index contributed by atoms with van der Waals surface area (Å²) in [5.74, 6) is -0.0543. The van der Waals surface area contributed by atoms with E-state index in [-0.39, 0.29) is 5.91 Å². The molecule has 0 aromatic heterocycles. The molecule has 1 aliphatic rings. The van der Waals surface area contributed by atoms with Crippen LogP contribution in [0.5, 0.6) is 0 Å². The summed E-state index contributed by atoms with van der Waals surface area (Å²) in [6.07, 6.45) is -3.47. The van der Waals surface area contributed by atoms with Gasteiger partial charge in [0, 0.05) is 32.7 Å². The maximum Gasteiger partial charge on any atom is 0.416 e. The number of hydrogen-bond donors (Lipinski definition) is 1. The van der Waals surface area contributed by atoms with Crippen LogP contribution in [0.25, 0.3) is 0 Å². The molecule has 1 saturated heterocycles. The van der Waals surface area contributed by atoms with Gasteiger partial charge in [-0.25, -0.2) is 0 Å². The minimum absolute atomic E-state index is 0.0543. The van der Waals surface area contributed by atoms with Crippen LogP contribution in [0.15, 0.2) is 24.3 Å². The number of rotatable bonds is 3. The maximum absolute atomic E-state index is 12.6. The monoisotopic (exact) mass is 329 g/mol. The van der Waals surface area contributed by atoms with Gasteiger partial charge in [-0.05, 0) is 31.0 Å². The van der Waals surface area contributed by atoms with Crippen LogP contribution in [-0.4, -0.2) is 47.9 Å². The van der Waals surface area contributed by atoms with Gasteiger partial charge in [-0.1, -0.05) is 12.1 Å². The third kappa shape index (κ3) is 4.94. The summed E-state index contributed by atoms with van der Waals surface area (Å²) in [7, 11) is 0. The van der Waals surface area contributed by atoms with Crippen LogP contribution in [0.4, 0.5) is 13.2 Å². The first-order valence-electron chi connectivity index (χ1n) is 7.70. The first kappa shape index (κ1) is 17.7. The Morgan fingerprint density at radius 3 is 2.39 bits per heavy atom. The predicted molar refractivity (Wildman–Crippen MR) is 81.6 cm³/mol. The highest BCUT2D eigenvalue weighted by Crippen LogP contribution is 2.29. The lowest BCUT2D eigenvalue weighted by Crippen LogP contribution is -2.43. The number of carbonyl (C=O) groups excluding carboxylic acids is 1. The standard InChI is InChI=1S/C16H22F3N3O/c1-12(20)15(23)22-8-2-7-21(9-10-22)11-13-3-5-14(6-4-13)16(17,18)19/h3-6,12H,2,7-11,20H2,1H3/t12-/m0/s1. The zero-order valence-corrected chi connectivity index (χ0v) is 13.1. The Hall–Kier alpha value is -1.60. The molecule has 1 amide bonds. The number of carbonyl (C=O) groups is 1. The predicted octanol–water partition coefficient (Wildman–Crippen LogP) is 2.09. The molecule has 0 saturated carbocycles. The van der Waals surface area contributed by atoms with Gasteiger partial charge in [0.25, 0.3) is 0 Å². The van der Waals surface area contributed by atoms with Crippen LogP contribution in [-0.2, 0) is 17.5 Å². The molecule has 1 aliphatic heterocycles. The van der Waals surface area contributed by atoms with Gasteiger partial charge in [-0.2, -0.15) is 13.2 Å². The first-order chi connectivity index (χ1) is 10.8. The van der Waals surface area contributed by atoms with E-state index in [4.69, 9.17) is 5.73 Å².